The lowest BCUT2D eigenvalue weighted by Crippen LogP contribution is -2.45. The Morgan fingerprint density at radius 2 is 2.12 bits per heavy atom. The van der Waals surface area contributed by atoms with Crippen LogP contribution in [0.5, 0.6) is 0 Å². The molecule has 0 aromatic rings. The average molecular weight is 241 g/mol. The van der Waals surface area contributed by atoms with Gasteiger partial charge < -0.3 is 15.2 Å². The summed E-state index contributed by atoms with van der Waals surface area (Å²) in [7, 11) is 0. The lowest BCUT2D eigenvalue weighted by molar-refractivity contribution is 0.00388. The van der Waals surface area contributed by atoms with E-state index in [1.165, 1.54) is 32.1 Å². The predicted octanol–water partition coefficient (Wildman–Crippen LogP) is 2.09. The highest BCUT2D eigenvalue weighted by atomic mass is 16.5. The molecular weight excluding hydrogens is 214 g/mol. The number of aliphatic hydroxyl groups is 1. The van der Waals surface area contributed by atoms with E-state index in [0.717, 1.165) is 32.6 Å². The van der Waals surface area contributed by atoms with Gasteiger partial charge in [0.05, 0.1) is 6.10 Å². The summed E-state index contributed by atoms with van der Waals surface area (Å²) >= 11 is 0. The molecule has 100 valence electrons. The van der Waals surface area contributed by atoms with Gasteiger partial charge in [-0.3, -0.25) is 0 Å². The molecule has 1 aliphatic carbocycles. The molecule has 2 aliphatic rings. The monoisotopic (exact) mass is 241 g/mol. The van der Waals surface area contributed by atoms with Gasteiger partial charge in [0.15, 0.2) is 0 Å². The van der Waals surface area contributed by atoms with Gasteiger partial charge in [0, 0.05) is 19.3 Å². The molecule has 2 atom stereocenters. The Hall–Kier alpha value is -0.120. The maximum atomic E-state index is 9.57. The Balaban J connectivity index is 1.78. The van der Waals surface area contributed by atoms with Gasteiger partial charge in [0.2, 0.25) is 0 Å². The molecule has 1 spiro atoms. The fraction of sp³-hybridized carbons (Fsp3) is 1.00. The fourth-order valence-electron chi connectivity index (χ4n) is 3.46. The van der Waals surface area contributed by atoms with Crippen molar-refractivity contribution in [2.45, 2.75) is 64.0 Å². The standard InChI is InChI=1S/C14H27NO2/c1-2-12(16)5-9-15-13-4-3-6-14(13)7-10-17-11-8-14/h12-13,15-16H,2-11H2,1H3. The van der Waals surface area contributed by atoms with E-state index in [-0.39, 0.29) is 6.10 Å². The van der Waals surface area contributed by atoms with Gasteiger partial charge in [-0.15, -0.1) is 0 Å². The summed E-state index contributed by atoms with van der Waals surface area (Å²) in [6, 6.07) is 0.662. The molecule has 1 saturated carbocycles. The smallest absolute Gasteiger partial charge is 0.0549 e. The molecule has 2 fully saturated rings. The summed E-state index contributed by atoms with van der Waals surface area (Å²) in [5.74, 6) is 0. The zero-order valence-corrected chi connectivity index (χ0v) is 11.1. The second-order valence-corrected chi connectivity index (χ2v) is 5.72. The molecule has 1 saturated heterocycles. The van der Waals surface area contributed by atoms with Crippen LogP contribution in [0, 0.1) is 5.41 Å². The molecular formula is C14H27NO2. The topological polar surface area (TPSA) is 41.5 Å². The van der Waals surface area contributed by atoms with Crippen molar-refractivity contribution in [2.75, 3.05) is 19.8 Å². The summed E-state index contributed by atoms with van der Waals surface area (Å²) in [4.78, 5) is 0. The van der Waals surface area contributed by atoms with Crippen LogP contribution in [0.1, 0.15) is 51.9 Å². The van der Waals surface area contributed by atoms with Crippen LogP contribution in [0.2, 0.25) is 0 Å². The first kappa shape index (κ1) is 13.3. The van der Waals surface area contributed by atoms with Crippen molar-refractivity contribution in [1.82, 2.24) is 5.32 Å². The summed E-state index contributed by atoms with van der Waals surface area (Å²) in [5.41, 5.74) is 0.509. The molecule has 0 aromatic carbocycles. The summed E-state index contributed by atoms with van der Waals surface area (Å²) < 4.78 is 5.50. The maximum absolute atomic E-state index is 9.57. The molecule has 1 aliphatic heterocycles. The van der Waals surface area contributed by atoms with E-state index >= 15 is 0 Å². The number of rotatable bonds is 5. The SMILES string of the molecule is CCC(O)CCNC1CCCC12CCOCC2. The van der Waals surface area contributed by atoms with Gasteiger partial charge in [-0.25, -0.2) is 0 Å². The van der Waals surface area contributed by atoms with Crippen LogP contribution >= 0.6 is 0 Å². The van der Waals surface area contributed by atoms with Crippen LogP contribution < -0.4 is 5.32 Å². The minimum absolute atomic E-state index is 0.130. The lowest BCUT2D eigenvalue weighted by Gasteiger charge is -2.39. The van der Waals surface area contributed by atoms with Gasteiger partial charge in [0.1, 0.15) is 0 Å². The second-order valence-electron chi connectivity index (χ2n) is 5.72. The minimum atomic E-state index is -0.130. The highest BCUT2D eigenvalue weighted by Crippen LogP contribution is 2.45. The number of hydrogen-bond donors (Lipinski definition) is 2. The van der Waals surface area contributed by atoms with Gasteiger partial charge in [-0.05, 0) is 50.5 Å². The van der Waals surface area contributed by atoms with Crippen molar-refractivity contribution in [3.8, 4) is 0 Å². The van der Waals surface area contributed by atoms with E-state index in [9.17, 15) is 5.11 Å². The van der Waals surface area contributed by atoms with Crippen LogP contribution in [-0.4, -0.2) is 37.0 Å². The van der Waals surface area contributed by atoms with Crippen molar-refractivity contribution >= 4 is 0 Å². The average Bonchev–Trinajstić information content (AvgIpc) is 2.73. The number of aliphatic hydroxyl groups excluding tert-OH is 1. The van der Waals surface area contributed by atoms with Crippen LogP contribution in [-0.2, 0) is 4.74 Å². The zero-order chi connectivity index (χ0) is 12.1. The lowest BCUT2D eigenvalue weighted by atomic mass is 9.75. The molecule has 2 N–H and O–H groups in total. The fourth-order valence-corrected chi connectivity index (χ4v) is 3.46. The van der Waals surface area contributed by atoms with E-state index in [4.69, 9.17) is 4.74 Å². The van der Waals surface area contributed by atoms with E-state index in [1.54, 1.807) is 0 Å². The van der Waals surface area contributed by atoms with Gasteiger partial charge >= 0.3 is 0 Å². The Labute approximate surface area is 105 Å². The Morgan fingerprint density at radius 3 is 2.82 bits per heavy atom. The molecule has 1 heterocycles. The van der Waals surface area contributed by atoms with E-state index in [2.05, 4.69) is 5.32 Å². The highest BCUT2D eigenvalue weighted by molar-refractivity contribution is 4.97. The van der Waals surface area contributed by atoms with E-state index in [1.807, 2.05) is 6.92 Å². The summed E-state index contributed by atoms with van der Waals surface area (Å²) in [5, 5.41) is 13.3. The number of ether oxygens (including phenoxy) is 1. The summed E-state index contributed by atoms with van der Waals surface area (Å²) in [6.07, 6.45) is 8.10. The minimum Gasteiger partial charge on any atom is -0.393 e. The second kappa shape index (κ2) is 6.17. The zero-order valence-electron chi connectivity index (χ0n) is 11.1. The van der Waals surface area contributed by atoms with Crippen LogP contribution in [0.15, 0.2) is 0 Å². The maximum Gasteiger partial charge on any atom is 0.0549 e. The van der Waals surface area contributed by atoms with Crippen molar-refractivity contribution in [2.24, 2.45) is 5.41 Å². The first-order valence-electron chi connectivity index (χ1n) is 7.26. The van der Waals surface area contributed by atoms with Crippen LogP contribution in [0.4, 0.5) is 0 Å². The first-order valence-corrected chi connectivity index (χ1v) is 7.26. The van der Waals surface area contributed by atoms with Crippen LogP contribution in [0.3, 0.4) is 0 Å². The highest BCUT2D eigenvalue weighted by Gasteiger charge is 2.43. The third kappa shape index (κ3) is 3.21. The molecule has 17 heavy (non-hydrogen) atoms. The van der Waals surface area contributed by atoms with E-state index < -0.39 is 0 Å². The predicted molar refractivity (Wildman–Crippen MR) is 69.0 cm³/mol. The molecule has 3 heteroatoms. The Morgan fingerprint density at radius 1 is 1.35 bits per heavy atom. The molecule has 0 radical (unpaired) electrons. The molecule has 0 bridgehead atoms. The Kier molecular flexibility index (Phi) is 4.83. The van der Waals surface area contributed by atoms with Gasteiger partial charge in [-0.1, -0.05) is 13.3 Å². The molecule has 0 aromatic heterocycles. The Bertz CT molecular complexity index is 226. The number of hydrogen-bond acceptors (Lipinski definition) is 3. The molecule has 3 nitrogen and oxygen atoms in total. The van der Waals surface area contributed by atoms with Gasteiger partial charge in [-0.2, -0.15) is 0 Å². The third-order valence-corrected chi connectivity index (χ3v) is 4.73. The first-order chi connectivity index (χ1) is 8.27. The molecule has 0 amide bonds. The molecule has 2 unspecified atom stereocenters. The van der Waals surface area contributed by atoms with Crippen molar-refractivity contribution in [3.63, 3.8) is 0 Å². The van der Waals surface area contributed by atoms with Crippen molar-refractivity contribution < 1.29 is 9.84 Å². The molecule has 2 rings (SSSR count). The summed E-state index contributed by atoms with van der Waals surface area (Å²) in [6.45, 7) is 4.88. The van der Waals surface area contributed by atoms with Crippen molar-refractivity contribution in [1.29, 1.82) is 0 Å². The normalized spacial score (nSPS) is 29.6. The van der Waals surface area contributed by atoms with Gasteiger partial charge in [0.25, 0.3) is 0 Å². The van der Waals surface area contributed by atoms with Crippen molar-refractivity contribution in [3.05, 3.63) is 0 Å². The van der Waals surface area contributed by atoms with Crippen LogP contribution in [0.25, 0.3) is 0 Å². The largest absolute Gasteiger partial charge is 0.393 e. The quantitative estimate of drug-likeness (QED) is 0.774. The number of nitrogens with one attached hydrogen (secondary N) is 1. The third-order valence-electron chi connectivity index (χ3n) is 4.73. The van der Waals surface area contributed by atoms with E-state index in [0.29, 0.717) is 11.5 Å².